The summed E-state index contributed by atoms with van der Waals surface area (Å²) in [5, 5.41) is 2.83. The van der Waals surface area contributed by atoms with Crippen molar-refractivity contribution in [3.63, 3.8) is 0 Å². The summed E-state index contributed by atoms with van der Waals surface area (Å²) in [6, 6.07) is 7.28. The number of anilines is 2. The Hall–Kier alpha value is -1.88. The van der Waals surface area contributed by atoms with Crippen molar-refractivity contribution in [3.05, 3.63) is 24.3 Å². The summed E-state index contributed by atoms with van der Waals surface area (Å²) in [4.78, 5) is 28.8. The summed E-state index contributed by atoms with van der Waals surface area (Å²) < 4.78 is 0. The van der Waals surface area contributed by atoms with Gasteiger partial charge in [0.25, 0.3) is 0 Å². The van der Waals surface area contributed by atoms with Gasteiger partial charge in [0.05, 0.1) is 17.4 Å². The van der Waals surface area contributed by atoms with Crippen LogP contribution in [0.3, 0.4) is 0 Å². The van der Waals surface area contributed by atoms with Crippen molar-refractivity contribution in [2.45, 2.75) is 33.2 Å². The average Bonchev–Trinajstić information content (AvgIpc) is 2.51. The van der Waals surface area contributed by atoms with Crippen LogP contribution in [0, 0.1) is 11.8 Å². The largest absolute Gasteiger partial charge is 0.323 e. The third-order valence-corrected chi connectivity index (χ3v) is 4.84. The fraction of sp³-hybridized carbons (Fsp3) is 0.556. The molecule has 0 aliphatic carbocycles. The number of amides is 2. The second-order valence-electron chi connectivity index (χ2n) is 7.07. The van der Waals surface area contributed by atoms with Gasteiger partial charge in [0.15, 0.2) is 0 Å². The number of rotatable bonds is 2. The van der Waals surface area contributed by atoms with Gasteiger partial charge in [-0.25, -0.2) is 0 Å². The van der Waals surface area contributed by atoms with Gasteiger partial charge in [0.2, 0.25) is 11.8 Å². The molecule has 5 nitrogen and oxygen atoms in total. The van der Waals surface area contributed by atoms with E-state index in [-0.39, 0.29) is 24.4 Å². The Balaban J connectivity index is 1.81. The molecule has 0 aromatic heterocycles. The van der Waals surface area contributed by atoms with E-state index < -0.39 is 0 Å². The Bertz CT molecular complexity index is 606. The van der Waals surface area contributed by atoms with Crippen LogP contribution in [-0.2, 0) is 9.59 Å². The molecule has 124 valence electrons. The Morgan fingerprint density at radius 1 is 1.22 bits per heavy atom. The Morgan fingerprint density at radius 3 is 2.57 bits per heavy atom. The van der Waals surface area contributed by atoms with Crippen LogP contribution in [0.25, 0.3) is 0 Å². The standard InChI is InChI=1S/C18H25N3O2/c1-12-8-13(2)10-20(9-12)14(3)18(23)21-11-17(22)19-15-6-4-5-7-16(15)21/h4-7,12-14H,8-11H2,1-3H3,(H,19,22)/t12-,13-,14-/m0/s1. The number of carbonyl (C=O) groups excluding carboxylic acids is 2. The highest BCUT2D eigenvalue weighted by atomic mass is 16.2. The lowest BCUT2D eigenvalue weighted by Crippen LogP contribution is -2.54. The number of nitrogens with one attached hydrogen (secondary N) is 1. The van der Waals surface area contributed by atoms with Gasteiger partial charge in [-0.1, -0.05) is 26.0 Å². The molecular weight excluding hydrogens is 290 g/mol. The molecule has 1 fully saturated rings. The zero-order valence-electron chi connectivity index (χ0n) is 14.1. The summed E-state index contributed by atoms with van der Waals surface area (Å²) in [7, 11) is 0. The highest BCUT2D eigenvalue weighted by Crippen LogP contribution is 2.30. The molecule has 2 heterocycles. The van der Waals surface area contributed by atoms with Crippen LogP contribution in [0.4, 0.5) is 11.4 Å². The van der Waals surface area contributed by atoms with Crippen LogP contribution < -0.4 is 10.2 Å². The van der Waals surface area contributed by atoms with Crippen molar-refractivity contribution >= 4 is 23.2 Å². The Kier molecular flexibility index (Phi) is 4.39. The predicted molar refractivity (Wildman–Crippen MR) is 91.4 cm³/mol. The molecule has 0 radical (unpaired) electrons. The normalized spacial score (nSPS) is 26.4. The van der Waals surface area contributed by atoms with E-state index in [4.69, 9.17) is 0 Å². The molecule has 2 aliphatic heterocycles. The minimum absolute atomic E-state index is 0.00796. The molecule has 3 rings (SSSR count). The van der Waals surface area contributed by atoms with Crippen LogP contribution >= 0.6 is 0 Å². The highest BCUT2D eigenvalue weighted by Gasteiger charge is 2.34. The maximum Gasteiger partial charge on any atom is 0.244 e. The van der Waals surface area contributed by atoms with Crippen LogP contribution in [-0.4, -0.2) is 42.4 Å². The van der Waals surface area contributed by atoms with Gasteiger partial charge < -0.3 is 5.32 Å². The maximum atomic E-state index is 13.0. The summed E-state index contributed by atoms with van der Waals surface area (Å²) in [6.07, 6.45) is 1.21. The van der Waals surface area contributed by atoms with Gasteiger partial charge in [-0.2, -0.15) is 0 Å². The number of fused-ring (bicyclic) bond motifs is 1. The quantitative estimate of drug-likeness (QED) is 0.911. The fourth-order valence-electron chi connectivity index (χ4n) is 3.84. The van der Waals surface area contributed by atoms with Crippen molar-refractivity contribution in [1.82, 2.24) is 4.90 Å². The minimum Gasteiger partial charge on any atom is -0.323 e. The smallest absolute Gasteiger partial charge is 0.244 e. The summed E-state index contributed by atoms with van der Waals surface area (Å²) in [6.45, 7) is 8.42. The summed E-state index contributed by atoms with van der Waals surface area (Å²) in [5.74, 6) is 1.08. The van der Waals surface area contributed by atoms with Gasteiger partial charge in [0.1, 0.15) is 6.54 Å². The topological polar surface area (TPSA) is 52.7 Å². The van der Waals surface area contributed by atoms with Crippen LogP contribution in [0.2, 0.25) is 0 Å². The fourth-order valence-corrected chi connectivity index (χ4v) is 3.84. The number of likely N-dealkylation sites (tertiary alicyclic amines) is 1. The molecule has 2 aliphatic rings. The second kappa shape index (κ2) is 6.32. The third-order valence-electron chi connectivity index (χ3n) is 4.84. The van der Waals surface area contributed by atoms with Gasteiger partial charge in [0, 0.05) is 13.1 Å². The van der Waals surface area contributed by atoms with Crippen LogP contribution in [0.1, 0.15) is 27.2 Å². The van der Waals surface area contributed by atoms with Gasteiger partial charge in [-0.05, 0) is 37.3 Å². The molecule has 1 aromatic carbocycles. The number of carbonyl (C=O) groups is 2. The highest BCUT2D eigenvalue weighted by molar-refractivity contribution is 6.11. The molecule has 3 atom stereocenters. The number of para-hydroxylation sites is 2. The molecular formula is C18H25N3O2. The second-order valence-corrected chi connectivity index (χ2v) is 7.07. The Labute approximate surface area is 137 Å². The zero-order valence-corrected chi connectivity index (χ0v) is 14.1. The monoisotopic (exact) mass is 315 g/mol. The predicted octanol–water partition coefficient (Wildman–Crippen LogP) is 2.34. The number of hydrogen-bond donors (Lipinski definition) is 1. The minimum atomic E-state index is -0.209. The van der Waals surface area contributed by atoms with E-state index in [2.05, 4.69) is 24.1 Å². The molecule has 23 heavy (non-hydrogen) atoms. The van der Waals surface area contributed by atoms with Gasteiger partial charge >= 0.3 is 0 Å². The Morgan fingerprint density at radius 2 is 1.87 bits per heavy atom. The number of benzene rings is 1. The van der Waals surface area contributed by atoms with Crippen LogP contribution in [0.15, 0.2) is 24.3 Å². The number of hydrogen-bond acceptors (Lipinski definition) is 3. The lowest BCUT2D eigenvalue weighted by molar-refractivity contribution is -0.126. The van der Waals surface area contributed by atoms with Gasteiger partial charge in [-0.15, -0.1) is 0 Å². The lowest BCUT2D eigenvalue weighted by atomic mass is 9.91. The molecule has 0 saturated carbocycles. The van der Waals surface area contributed by atoms with Crippen LogP contribution in [0.5, 0.6) is 0 Å². The zero-order chi connectivity index (χ0) is 16.6. The number of piperidine rings is 1. The van der Waals surface area contributed by atoms with Gasteiger partial charge in [-0.3, -0.25) is 19.4 Å². The van der Waals surface area contributed by atoms with Crippen molar-refractivity contribution in [1.29, 1.82) is 0 Å². The van der Waals surface area contributed by atoms with E-state index >= 15 is 0 Å². The number of nitrogens with zero attached hydrogens (tertiary/aromatic N) is 2. The molecule has 0 bridgehead atoms. The molecule has 2 amide bonds. The first-order chi connectivity index (χ1) is 11.0. The van der Waals surface area contributed by atoms with Crippen molar-refractivity contribution < 1.29 is 9.59 Å². The first-order valence-electron chi connectivity index (χ1n) is 8.40. The molecule has 0 unspecified atom stereocenters. The first kappa shape index (κ1) is 16.0. The molecule has 0 spiro atoms. The first-order valence-corrected chi connectivity index (χ1v) is 8.40. The SMILES string of the molecule is C[C@H]1C[C@H](C)CN([C@@H](C)C(=O)N2CC(=O)Nc3ccccc32)C1. The average molecular weight is 315 g/mol. The molecule has 1 N–H and O–H groups in total. The molecule has 5 heteroatoms. The van der Waals surface area contributed by atoms with Crippen molar-refractivity contribution in [2.24, 2.45) is 11.8 Å². The summed E-state index contributed by atoms with van der Waals surface area (Å²) >= 11 is 0. The van der Waals surface area contributed by atoms with E-state index in [1.807, 2.05) is 31.2 Å². The van der Waals surface area contributed by atoms with E-state index in [9.17, 15) is 9.59 Å². The van der Waals surface area contributed by atoms with Crippen molar-refractivity contribution in [2.75, 3.05) is 29.9 Å². The third kappa shape index (κ3) is 3.24. The lowest BCUT2D eigenvalue weighted by Gasteiger charge is -2.40. The van der Waals surface area contributed by atoms with Crippen molar-refractivity contribution in [3.8, 4) is 0 Å². The van der Waals surface area contributed by atoms with E-state index in [0.717, 1.165) is 18.8 Å². The molecule has 1 saturated heterocycles. The van der Waals surface area contributed by atoms with E-state index in [1.165, 1.54) is 6.42 Å². The summed E-state index contributed by atoms with van der Waals surface area (Å²) in [5.41, 5.74) is 1.51. The van der Waals surface area contributed by atoms with E-state index in [0.29, 0.717) is 17.5 Å². The van der Waals surface area contributed by atoms with E-state index in [1.54, 1.807) is 4.90 Å². The molecule has 1 aromatic rings. The maximum absolute atomic E-state index is 13.0.